The number of hydrogen-bond acceptors (Lipinski definition) is 3. The molecule has 2 rings (SSSR count). The van der Waals surface area contributed by atoms with E-state index in [0.29, 0.717) is 12.0 Å². The van der Waals surface area contributed by atoms with E-state index in [2.05, 4.69) is 0 Å². The van der Waals surface area contributed by atoms with Gasteiger partial charge in [0.05, 0.1) is 17.4 Å². The monoisotopic (exact) mass is 272 g/mol. The van der Waals surface area contributed by atoms with Gasteiger partial charge in [0, 0.05) is 5.56 Å². The fourth-order valence-corrected chi connectivity index (χ4v) is 4.01. The van der Waals surface area contributed by atoms with Crippen LogP contribution in [0.25, 0.3) is 0 Å². The Labute approximate surface area is 106 Å². The Bertz CT molecular complexity index is 519. The Morgan fingerprint density at radius 3 is 2.41 bits per heavy atom. The van der Waals surface area contributed by atoms with E-state index < -0.39 is 9.84 Å². The molecule has 92 valence electrons. The van der Waals surface area contributed by atoms with Gasteiger partial charge < -0.3 is 0 Å². The van der Waals surface area contributed by atoms with Gasteiger partial charge in [0.2, 0.25) is 0 Å². The van der Waals surface area contributed by atoms with E-state index in [0.717, 1.165) is 5.56 Å². The van der Waals surface area contributed by atoms with Gasteiger partial charge in [0.1, 0.15) is 0 Å². The molecule has 1 unspecified atom stereocenters. The predicted octanol–water partition coefficient (Wildman–Crippen LogP) is 2.01. The van der Waals surface area contributed by atoms with Crippen LogP contribution in [-0.2, 0) is 9.84 Å². The molecule has 1 fully saturated rings. The maximum atomic E-state index is 11.4. The van der Waals surface area contributed by atoms with Crippen LogP contribution in [0.3, 0.4) is 0 Å². The molecule has 1 saturated heterocycles. The highest BCUT2D eigenvalue weighted by molar-refractivity contribution is 7.91. The van der Waals surface area contributed by atoms with Crippen LogP contribution >= 0.6 is 11.6 Å². The SMILES string of the molecule is O=C(CCl)c1ccc(C2CCS(=O)(=O)C2)cc1. The second-order valence-electron chi connectivity index (χ2n) is 4.28. The Kier molecular flexibility index (Phi) is 3.54. The molecule has 1 aromatic carbocycles. The molecule has 0 amide bonds. The molecule has 1 heterocycles. The number of hydrogen-bond donors (Lipinski definition) is 0. The van der Waals surface area contributed by atoms with Crippen LogP contribution in [0.4, 0.5) is 0 Å². The molecule has 0 aromatic heterocycles. The lowest BCUT2D eigenvalue weighted by Crippen LogP contribution is -2.05. The highest BCUT2D eigenvalue weighted by atomic mass is 35.5. The average Bonchev–Trinajstić information content (AvgIpc) is 2.69. The van der Waals surface area contributed by atoms with E-state index in [-0.39, 0.29) is 29.1 Å². The lowest BCUT2D eigenvalue weighted by Gasteiger charge is -2.08. The van der Waals surface area contributed by atoms with Gasteiger partial charge in [0.25, 0.3) is 0 Å². The van der Waals surface area contributed by atoms with E-state index in [1.54, 1.807) is 12.1 Å². The zero-order valence-corrected chi connectivity index (χ0v) is 10.8. The van der Waals surface area contributed by atoms with Gasteiger partial charge in [-0.2, -0.15) is 0 Å². The van der Waals surface area contributed by atoms with Crippen molar-refractivity contribution in [3.8, 4) is 0 Å². The van der Waals surface area contributed by atoms with E-state index in [1.807, 2.05) is 12.1 Å². The smallest absolute Gasteiger partial charge is 0.177 e. The van der Waals surface area contributed by atoms with Crippen molar-refractivity contribution in [2.75, 3.05) is 17.4 Å². The molecule has 17 heavy (non-hydrogen) atoms. The summed E-state index contributed by atoms with van der Waals surface area (Å²) >= 11 is 5.46. The zero-order valence-electron chi connectivity index (χ0n) is 9.23. The number of carbonyl (C=O) groups excluding carboxylic acids is 1. The summed E-state index contributed by atoms with van der Waals surface area (Å²) < 4.78 is 22.7. The van der Waals surface area contributed by atoms with Gasteiger partial charge in [0.15, 0.2) is 15.6 Å². The predicted molar refractivity (Wildman–Crippen MR) is 67.5 cm³/mol. The zero-order chi connectivity index (χ0) is 12.5. The van der Waals surface area contributed by atoms with E-state index in [9.17, 15) is 13.2 Å². The molecular formula is C12H13ClO3S. The molecule has 1 aliphatic heterocycles. The molecule has 0 bridgehead atoms. The van der Waals surface area contributed by atoms with Crippen LogP contribution < -0.4 is 0 Å². The van der Waals surface area contributed by atoms with Gasteiger partial charge in [-0.1, -0.05) is 24.3 Å². The Balaban J connectivity index is 2.17. The molecule has 0 spiro atoms. The Morgan fingerprint density at radius 1 is 1.29 bits per heavy atom. The van der Waals surface area contributed by atoms with Gasteiger partial charge >= 0.3 is 0 Å². The van der Waals surface area contributed by atoms with Crippen LogP contribution in [0, 0.1) is 0 Å². The number of Topliss-reactive ketones (excluding diaryl/α,β-unsaturated/α-hetero) is 1. The summed E-state index contributed by atoms with van der Waals surface area (Å²) in [6, 6.07) is 7.08. The minimum absolute atomic E-state index is 0.0306. The molecular weight excluding hydrogens is 260 g/mol. The van der Waals surface area contributed by atoms with Crippen molar-refractivity contribution in [1.82, 2.24) is 0 Å². The summed E-state index contributed by atoms with van der Waals surface area (Å²) in [5.74, 6) is 0.407. The summed E-state index contributed by atoms with van der Waals surface area (Å²) in [6.45, 7) is 0. The lowest BCUT2D eigenvalue weighted by atomic mass is 9.97. The van der Waals surface area contributed by atoms with Crippen molar-refractivity contribution in [1.29, 1.82) is 0 Å². The molecule has 5 heteroatoms. The van der Waals surface area contributed by atoms with E-state index in [1.165, 1.54) is 0 Å². The van der Waals surface area contributed by atoms with Crippen LogP contribution in [0.1, 0.15) is 28.3 Å². The quantitative estimate of drug-likeness (QED) is 0.625. The van der Waals surface area contributed by atoms with E-state index >= 15 is 0 Å². The standard InChI is InChI=1S/C12H13ClO3S/c13-7-12(14)10-3-1-9(2-4-10)11-5-6-17(15,16)8-11/h1-4,11H,5-8H2. The number of sulfone groups is 1. The van der Waals surface area contributed by atoms with Gasteiger partial charge in [-0.15, -0.1) is 11.6 Å². The normalized spacial score (nSPS) is 22.5. The summed E-state index contributed by atoms with van der Waals surface area (Å²) in [5.41, 5.74) is 1.56. The summed E-state index contributed by atoms with van der Waals surface area (Å²) in [5, 5.41) is 0. The first-order chi connectivity index (χ1) is 8.02. The topological polar surface area (TPSA) is 51.2 Å². The van der Waals surface area contributed by atoms with Crippen molar-refractivity contribution >= 4 is 27.2 Å². The Morgan fingerprint density at radius 2 is 1.94 bits per heavy atom. The van der Waals surface area contributed by atoms with Gasteiger partial charge in [-0.3, -0.25) is 4.79 Å². The number of ketones is 1. The van der Waals surface area contributed by atoms with Crippen LogP contribution in [0.2, 0.25) is 0 Å². The fraction of sp³-hybridized carbons (Fsp3) is 0.417. The molecule has 0 radical (unpaired) electrons. The summed E-state index contributed by atoms with van der Waals surface area (Å²) in [6.07, 6.45) is 0.672. The third kappa shape index (κ3) is 2.87. The minimum atomic E-state index is -2.86. The number of rotatable bonds is 3. The van der Waals surface area contributed by atoms with Crippen molar-refractivity contribution in [3.63, 3.8) is 0 Å². The number of carbonyl (C=O) groups is 1. The number of halogens is 1. The fourth-order valence-electron chi connectivity index (χ4n) is 2.08. The second kappa shape index (κ2) is 4.78. The van der Waals surface area contributed by atoms with Crippen LogP contribution in [0.15, 0.2) is 24.3 Å². The highest BCUT2D eigenvalue weighted by Gasteiger charge is 2.28. The van der Waals surface area contributed by atoms with Crippen molar-refractivity contribution in [2.45, 2.75) is 12.3 Å². The number of alkyl halides is 1. The molecule has 1 aliphatic rings. The molecule has 0 N–H and O–H groups in total. The van der Waals surface area contributed by atoms with Gasteiger partial charge in [-0.05, 0) is 17.9 Å². The molecule has 1 aromatic rings. The average molecular weight is 273 g/mol. The second-order valence-corrected chi connectivity index (χ2v) is 6.77. The highest BCUT2D eigenvalue weighted by Crippen LogP contribution is 2.28. The third-order valence-corrected chi connectivity index (χ3v) is 5.07. The minimum Gasteiger partial charge on any atom is -0.293 e. The number of benzene rings is 1. The van der Waals surface area contributed by atoms with Crippen molar-refractivity contribution in [3.05, 3.63) is 35.4 Å². The van der Waals surface area contributed by atoms with Crippen molar-refractivity contribution < 1.29 is 13.2 Å². The van der Waals surface area contributed by atoms with Crippen molar-refractivity contribution in [2.24, 2.45) is 0 Å². The maximum absolute atomic E-state index is 11.4. The first-order valence-corrected chi connectivity index (χ1v) is 7.77. The summed E-state index contributed by atoms with van der Waals surface area (Å²) in [7, 11) is -2.86. The largest absolute Gasteiger partial charge is 0.293 e. The Hall–Kier alpha value is -0.870. The first-order valence-electron chi connectivity index (χ1n) is 5.41. The molecule has 3 nitrogen and oxygen atoms in total. The van der Waals surface area contributed by atoms with Crippen LogP contribution in [-0.4, -0.2) is 31.6 Å². The molecule has 0 saturated carbocycles. The lowest BCUT2D eigenvalue weighted by molar-refractivity contribution is 0.102. The van der Waals surface area contributed by atoms with Gasteiger partial charge in [-0.25, -0.2) is 8.42 Å². The molecule has 1 atom stereocenters. The molecule has 0 aliphatic carbocycles. The van der Waals surface area contributed by atoms with E-state index in [4.69, 9.17) is 11.6 Å². The summed E-state index contributed by atoms with van der Waals surface area (Å²) in [4.78, 5) is 11.3. The first kappa shape index (κ1) is 12.6. The van der Waals surface area contributed by atoms with Crippen LogP contribution in [0.5, 0.6) is 0 Å². The maximum Gasteiger partial charge on any atom is 0.177 e. The third-order valence-electron chi connectivity index (χ3n) is 3.06.